The molecule has 1 aliphatic carbocycles. The van der Waals surface area contributed by atoms with Crippen molar-refractivity contribution in [1.82, 2.24) is 19.0 Å². The molecule has 0 atom stereocenters. The standard InChI is InChI=1S/C19H21N5O5S/c25-14(20-12-5-4-6-13-16(12)23-30-22-13)11-29-15(26)7-10-24-17(27)19(21-18(24)28)8-2-1-3-9-19/h4-6H,1-3,7-11H2,(H,20,25)(H,21,28). The summed E-state index contributed by atoms with van der Waals surface area (Å²) in [6, 6.07) is 4.73. The molecule has 2 fully saturated rings. The minimum Gasteiger partial charge on any atom is -0.456 e. The van der Waals surface area contributed by atoms with Gasteiger partial charge in [0.2, 0.25) is 0 Å². The van der Waals surface area contributed by atoms with E-state index in [0.717, 1.165) is 35.9 Å². The molecule has 1 aromatic carbocycles. The van der Waals surface area contributed by atoms with Crippen molar-refractivity contribution >= 4 is 52.3 Å². The van der Waals surface area contributed by atoms with E-state index in [4.69, 9.17) is 4.74 Å². The molecule has 1 saturated carbocycles. The number of ether oxygens (including phenoxy) is 1. The molecular formula is C19H21N5O5S. The van der Waals surface area contributed by atoms with Gasteiger partial charge in [-0.05, 0) is 25.0 Å². The zero-order valence-corrected chi connectivity index (χ0v) is 17.0. The number of nitrogens with one attached hydrogen (secondary N) is 2. The van der Waals surface area contributed by atoms with Crippen LogP contribution in [0.5, 0.6) is 0 Å². The number of carbonyl (C=O) groups is 4. The van der Waals surface area contributed by atoms with E-state index in [9.17, 15) is 19.2 Å². The molecule has 10 nitrogen and oxygen atoms in total. The van der Waals surface area contributed by atoms with Crippen LogP contribution < -0.4 is 10.6 Å². The quantitative estimate of drug-likeness (QED) is 0.527. The fourth-order valence-corrected chi connectivity index (χ4v) is 4.44. The van der Waals surface area contributed by atoms with Gasteiger partial charge in [0, 0.05) is 6.54 Å². The highest BCUT2D eigenvalue weighted by Crippen LogP contribution is 2.33. The van der Waals surface area contributed by atoms with Gasteiger partial charge >= 0.3 is 12.0 Å². The van der Waals surface area contributed by atoms with Gasteiger partial charge in [-0.3, -0.25) is 19.3 Å². The van der Waals surface area contributed by atoms with E-state index in [1.54, 1.807) is 18.2 Å². The summed E-state index contributed by atoms with van der Waals surface area (Å²) in [7, 11) is 0. The number of nitrogens with zero attached hydrogens (tertiary/aromatic N) is 3. The SMILES string of the molecule is O=C(COC(=O)CCN1C(=O)NC2(CCCCC2)C1=O)Nc1cccc2nsnc12. The average molecular weight is 431 g/mol. The molecule has 0 radical (unpaired) electrons. The molecule has 0 bridgehead atoms. The monoisotopic (exact) mass is 431 g/mol. The fraction of sp³-hybridized carbons (Fsp3) is 0.474. The van der Waals surface area contributed by atoms with Crippen LogP contribution >= 0.6 is 11.7 Å². The lowest BCUT2D eigenvalue weighted by atomic mass is 9.82. The maximum absolute atomic E-state index is 12.7. The van der Waals surface area contributed by atoms with E-state index < -0.39 is 30.1 Å². The third-order valence-corrected chi connectivity index (χ3v) is 5.96. The third-order valence-electron chi connectivity index (χ3n) is 5.42. The van der Waals surface area contributed by atoms with Crippen LogP contribution in [0.1, 0.15) is 38.5 Å². The first kappa shape index (κ1) is 20.2. The summed E-state index contributed by atoms with van der Waals surface area (Å²) in [4.78, 5) is 50.0. The Kier molecular flexibility index (Phi) is 5.62. The normalized spacial score (nSPS) is 17.9. The second-order valence-corrected chi connectivity index (χ2v) is 7.95. The van der Waals surface area contributed by atoms with Gasteiger partial charge in [-0.15, -0.1) is 0 Å². The largest absolute Gasteiger partial charge is 0.456 e. The first-order chi connectivity index (χ1) is 14.5. The minimum atomic E-state index is -0.815. The lowest BCUT2D eigenvalue weighted by Gasteiger charge is -2.30. The topological polar surface area (TPSA) is 131 Å². The molecule has 158 valence electrons. The molecule has 2 aromatic rings. The van der Waals surface area contributed by atoms with Gasteiger partial charge in [0.05, 0.1) is 23.8 Å². The predicted octanol–water partition coefficient (Wildman–Crippen LogP) is 1.82. The van der Waals surface area contributed by atoms with Crippen LogP contribution in [-0.4, -0.2) is 56.2 Å². The molecule has 0 unspecified atom stereocenters. The number of aromatic nitrogens is 2. The molecule has 4 amide bonds. The van der Waals surface area contributed by atoms with Crippen molar-refractivity contribution in [3.63, 3.8) is 0 Å². The predicted molar refractivity (Wildman–Crippen MR) is 108 cm³/mol. The van der Waals surface area contributed by atoms with Crippen molar-refractivity contribution in [3.8, 4) is 0 Å². The number of urea groups is 1. The van der Waals surface area contributed by atoms with Crippen LogP contribution in [0.3, 0.4) is 0 Å². The Labute approximate surface area is 176 Å². The van der Waals surface area contributed by atoms with Gasteiger partial charge < -0.3 is 15.4 Å². The number of hydrogen-bond donors (Lipinski definition) is 2. The zero-order valence-electron chi connectivity index (χ0n) is 16.2. The summed E-state index contributed by atoms with van der Waals surface area (Å²) < 4.78 is 13.2. The summed E-state index contributed by atoms with van der Waals surface area (Å²) in [6.07, 6.45) is 3.91. The Balaban J connectivity index is 1.25. The van der Waals surface area contributed by atoms with E-state index in [0.29, 0.717) is 29.6 Å². The number of imide groups is 1. The van der Waals surface area contributed by atoms with Crippen LogP contribution in [0.25, 0.3) is 11.0 Å². The Hall–Kier alpha value is -3.08. The first-order valence-electron chi connectivity index (χ1n) is 9.79. The third kappa shape index (κ3) is 3.97. The number of amides is 4. The summed E-state index contributed by atoms with van der Waals surface area (Å²) in [6.45, 7) is -0.548. The molecule has 1 aromatic heterocycles. The van der Waals surface area contributed by atoms with E-state index in [1.165, 1.54) is 0 Å². The maximum atomic E-state index is 12.7. The molecule has 1 spiro atoms. The Morgan fingerprint density at radius 3 is 2.80 bits per heavy atom. The van der Waals surface area contributed by atoms with Crippen molar-refractivity contribution in [3.05, 3.63) is 18.2 Å². The van der Waals surface area contributed by atoms with Crippen LogP contribution in [0.2, 0.25) is 0 Å². The molecule has 1 saturated heterocycles. The number of carbonyl (C=O) groups excluding carboxylic acids is 4. The van der Waals surface area contributed by atoms with Gasteiger partial charge in [-0.1, -0.05) is 25.3 Å². The lowest BCUT2D eigenvalue weighted by molar-refractivity contribution is -0.147. The van der Waals surface area contributed by atoms with Crippen molar-refractivity contribution in [2.24, 2.45) is 0 Å². The molecule has 11 heteroatoms. The van der Waals surface area contributed by atoms with Gasteiger partial charge in [-0.25, -0.2) is 4.79 Å². The van der Waals surface area contributed by atoms with Crippen molar-refractivity contribution in [1.29, 1.82) is 0 Å². The zero-order chi connectivity index (χ0) is 21.1. The second kappa shape index (κ2) is 8.34. The van der Waals surface area contributed by atoms with Crippen molar-refractivity contribution in [2.75, 3.05) is 18.5 Å². The maximum Gasteiger partial charge on any atom is 0.325 e. The van der Waals surface area contributed by atoms with Crippen LogP contribution in [-0.2, 0) is 19.1 Å². The molecule has 30 heavy (non-hydrogen) atoms. The van der Waals surface area contributed by atoms with Gasteiger partial charge in [0.1, 0.15) is 16.6 Å². The highest BCUT2D eigenvalue weighted by Gasteiger charge is 2.51. The lowest BCUT2D eigenvalue weighted by Crippen LogP contribution is -2.48. The van der Waals surface area contributed by atoms with Gasteiger partial charge in [0.25, 0.3) is 11.8 Å². The molecular weight excluding hydrogens is 410 g/mol. The molecule has 2 N–H and O–H groups in total. The summed E-state index contributed by atoms with van der Waals surface area (Å²) >= 11 is 1.04. The number of esters is 1. The molecule has 2 heterocycles. The summed E-state index contributed by atoms with van der Waals surface area (Å²) in [5.74, 6) is -1.45. The number of benzene rings is 1. The fourth-order valence-electron chi connectivity index (χ4n) is 3.89. The first-order valence-corrected chi connectivity index (χ1v) is 10.5. The Bertz CT molecular complexity index is 1000. The number of hydrogen-bond acceptors (Lipinski definition) is 8. The van der Waals surface area contributed by atoms with Gasteiger partial charge in [-0.2, -0.15) is 8.75 Å². The average Bonchev–Trinajstić information content (AvgIpc) is 3.30. The van der Waals surface area contributed by atoms with Crippen LogP contribution in [0.4, 0.5) is 10.5 Å². The van der Waals surface area contributed by atoms with E-state index in [1.807, 2.05) is 0 Å². The molecule has 4 rings (SSSR count). The van der Waals surface area contributed by atoms with Gasteiger partial charge in [0.15, 0.2) is 6.61 Å². The number of anilines is 1. The van der Waals surface area contributed by atoms with Crippen LogP contribution in [0, 0.1) is 0 Å². The Morgan fingerprint density at radius 1 is 1.20 bits per heavy atom. The Morgan fingerprint density at radius 2 is 2.00 bits per heavy atom. The number of rotatable bonds is 6. The highest BCUT2D eigenvalue weighted by atomic mass is 32.1. The van der Waals surface area contributed by atoms with E-state index in [2.05, 4.69) is 19.4 Å². The van der Waals surface area contributed by atoms with Crippen LogP contribution in [0.15, 0.2) is 18.2 Å². The molecule has 2 aliphatic rings. The second-order valence-electron chi connectivity index (χ2n) is 7.43. The van der Waals surface area contributed by atoms with E-state index in [-0.39, 0.29) is 18.9 Å². The van der Waals surface area contributed by atoms with Crippen molar-refractivity contribution in [2.45, 2.75) is 44.1 Å². The molecule has 1 aliphatic heterocycles. The minimum absolute atomic E-state index is 0.0727. The van der Waals surface area contributed by atoms with Crippen molar-refractivity contribution < 1.29 is 23.9 Å². The summed E-state index contributed by atoms with van der Waals surface area (Å²) in [5, 5.41) is 5.43. The summed E-state index contributed by atoms with van der Waals surface area (Å²) in [5.41, 5.74) is 0.904. The smallest absolute Gasteiger partial charge is 0.325 e. The number of fused-ring (bicyclic) bond motifs is 1. The van der Waals surface area contributed by atoms with E-state index >= 15 is 0 Å². The highest BCUT2D eigenvalue weighted by molar-refractivity contribution is 7.00.